The summed E-state index contributed by atoms with van der Waals surface area (Å²) in [6, 6.07) is 9.99. The monoisotopic (exact) mass is 380 g/mol. The molecular formula is C20H16N2O6. The van der Waals surface area contributed by atoms with Gasteiger partial charge in [-0.05, 0) is 17.7 Å². The molecule has 0 saturated heterocycles. The van der Waals surface area contributed by atoms with Gasteiger partial charge in [0.1, 0.15) is 22.9 Å². The molecule has 0 saturated carbocycles. The third-order valence-electron chi connectivity index (χ3n) is 4.43. The number of ether oxygens (including phenoxy) is 3. The molecule has 8 heteroatoms. The Bertz CT molecular complexity index is 1140. The van der Waals surface area contributed by atoms with E-state index in [4.69, 9.17) is 14.2 Å². The molecule has 3 aromatic rings. The van der Waals surface area contributed by atoms with Crippen LogP contribution >= 0.6 is 0 Å². The number of fused-ring (bicyclic) bond motifs is 1. The third kappa shape index (κ3) is 2.94. The van der Waals surface area contributed by atoms with Gasteiger partial charge in [-0.1, -0.05) is 6.07 Å². The van der Waals surface area contributed by atoms with Gasteiger partial charge in [-0.25, -0.2) is 0 Å². The highest BCUT2D eigenvalue weighted by atomic mass is 16.5. The fourth-order valence-corrected chi connectivity index (χ4v) is 3.04. The van der Waals surface area contributed by atoms with Crippen molar-refractivity contribution in [1.29, 1.82) is 0 Å². The van der Waals surface area contributed by atoms with Crippen LogP contribution in [0, 0.1) is 0 Å². The zero-order valence-corrected chi connectivity index (χ0v) is 15.1. The highest BCUT2D eigenvalue weighted by Crippen LogP contribution is 2.35. The number of methoxy groups -OCH3 is 2. The molecule has 1 aliphatic heterocycles. The highest BCUT2D eigenvalue weighted by Gasteiger charge is 2.25. The molecule has 4 rings (SSSR count). The fourth-order valence-electron chi connectivity index (χ4n) is 3.04. The van der Waals surface area contributed by atoms with Crippen molar-refractivity contribution in [2.75, 3.05) is 31.5 Å². The van der Waals surface area contributed by atoms with Crippen molar-refractivity contribution in [1.82, 2.24) is 0 Å². The maximum absolute atomic E-state index is 12.2. The summed E-state index contributed by atoms with van der Waals surface area (Å²) in [5, 5.41) is 5.67. The largest absolute Gasteiger partial charge is 0.497 e. The van der Waals surface area contributed by atoms with Gasteiger partial charge in [0.05, 0.1) is 25.5 Å². The van der Waals surface area contributed by atoms with Crippen LogP contribution in [0.2, 0.25) is 0 Å². The molecule has 3 aromatic carbocycles. The van der Waals surface area contributed by atoms with Crippen molar-refractivity contribution in [3.63, 3.8) is 0 Å². The molecule has 8 nitrogen and oxygen atoms in total. The SMILES string of the molecule is COc1cc(Nc2c(-c3ccc4c(c3)OCC(=O)N4)c(=O)c2=O)cc(OC)c1. The lowest BCUT2D eigenvalue weighted by Crippen LogP contribution is -2.35. The van der Waals surface area contributed by atoms with Crippen molar-refractivity contribution in [3.8, 4) is 28.4 Å². The Hall–Kier alpha value is -3.81. The summed E-state index contributed by atoms with van der Waals surface area (Å²) >= 11 is 0. The van der Waals surface area contributed by atoms with Gasteiger partial charge in [0.25, 0.3) is 11.3 Å². The smallest absolute Gasteiger partial charge is 0.262 e. The van der Waals surface area contributed by atoms with Gasteiger partial charge in [0.15, 0.2) is 6.61 Å². The van der Waals surface area contributed by atoms with Gasteiger partial charge < -0.3 is 24.8 Å². The van der Waals surface area contributed by atoms with Crippen molar-refractivity contribution >= 4 is 23.0 Å². The summed E-state index contributed by atoms with van der Waals surface area (Å²) in [4.78, 5) is 35.8. The Kier molecular flexibility index (Phi) is 4.23. The number of nitrogens with one attached hydrogen (secondary N) is 2. The molecule has 1 heterocycles. The van der Waals surface area contributed by atoms with Crippen molar-refractivity contribution in [3.05, 3.63) is 56.8 Å². The number of carbonyl (C=O) groups is 1. The van der Waals surface area contributed by atoms with Gasteiger partial charge in [-0.15, -0.1) is 0 Å². The number of hydrogen-bond acceptors (Lipinski definition) is 7. The average Bonchev–Trinajstić information content (AvgIpc) is 2.72. The fraction of sp³-hybridized carbons (Fsp3) is 0.150. The summed E-state index contributed by atoms with van der Waals surface area (Å²) in [7, 11) is 3.04. The van der Waals surface area contributed by atoms with Crippen LogP contribution in [0.3, 0.4) is 0 Å². The third-order valence-corrected chi connectivity index (χ3v) is 4.43. The molecule has 0 aromatic heterocycles. The lowest BCUT2D eigenvalue weighted by atomic mass is 9.97. The zero-order chi connectivity index (χ0) is 19.8. The van der Waals surface area contributed by atoms with E-state index < -0.39 is 10.9 Å². The second-order valence-electron chi connectivity index (χ2n) is 6.18. The van der Waals surface area contributed by atoms with Crippen molar-refractivity contribution in [2.24, 2.45) is 0 Å². The Balaban J connectivity index is 1.71. The first-order chi connectivity index (χ1) is 13.5. The molecule has 0 spiro atoms. The lowest BCUT2D eigenvalue weighted by molar-refractivity contribution is -0.118. The van der Waals surface area contributed by atoms with Gasteiger partial charge >= 0.3 is 0 Å². The first-order valence-corrected chi connectivity index (χ1v) is 8.40. The molecule has 142 valence electrons. The standard InChI is InChI=1S/C20H16N2O6/c1-26-12-6-11(7-13(8-12)27-2)21-18-17(19(24)20(18)25)10-3-4-14-15(5-10)28-9-16(23)22-14/h3-8,21H,9H2,1-2H3,(H,22,23). The molecular weight excluding hydrogens is 364 g/mol. The van der Waals surface area contributed by atoms with E-state index in [2.05, 4.69) is 10.6 Å². The van der Waals surface area contributed by atoms with Crippen molar-refractivity contribution < 1.29 is 19.0 Å². The highest BCUT2D eigenvalue weighted by molar-refractivity contribution is 5.96. The van der Waals surface area contributed by atoms with E-state index in [-0.39, 0.29) is 23.8 Å². The Morgan fingerprint density at radius 2 is 1.68 bits per heavy atom. The summed E-state index contributed by atoms with van der Waals surface area (Å²) in [5.41, 5.74) is 0.838. The van der Waals surface area contributed by atoms with E-state index >= 15 is 0 Å². The number of carbonyl (C=O) groups excluding carboxylic acids is 1. The molecule has 0 atom stereocenters. The molecule has 0 aliphatic carbocycles. The molecule has 1 aliphatic rings. The molecule has 0 bridgehead atoms. The van der Waals surface area contributed by atoms with E-state index in [1.54, 1.807) is 36.4 Å². The Morgan fingerprint density at radius 3 is 2.36 bits per heavy atom. The predicted molar refractivity (Wildman–Crippen MR) is 104 cm³/mol. The van der Waals surface area contributed by atoms with Gasteiger partial charge in [-0.2, -0.15) is 0 Å². The quantitative estimate of drug-likeness (QED) is 0.653. The van der Waals surface area contributed by atoms with Crippen molar-refractivity contribution in [2.45, 2.75) is 0 Å². The van der Waals surface area contributed by atoms with Crippen LogP contribution in [0.25, 0.3) is 11.1 Å². The number of hydrogen-bond donors (Lipinski definition) is 2. The Labute approximate surface area is 159 Å². The van der Waals surface area contributed by atoms with Crippen LogP contribution < -0.4 is 35.7 Å². The summed E-state index contributed by atoms with van der Waals surface area (Å²) in [5.74, 6) is 1.28. The first-order valence-electron chi connectivity index (χ1n) is 8.40. The van der Waals surface area contributed by atoms with Crippen LogP contribution in [-0.2, 0) is 4.79 Å². The zero-order valence-electron chi connectivity index (χ0n) is 15.1. The van der Waals surface area contributed by atoms with E-state index in [1.165, 1.54) is 14.2 Å². The number of rotatable bonds is 5. The minimum absolute atomic E-state index is 0.100. The molecule has 0 radical (unpaired) electrons. The van der Waals surface area contributed by atoms with E-state index in [9.17, 15) is 14.4 Å². The van der Waals surface area contributed by atoms with Crippen LogP contribution in [0.15, 0.2) is 46.0 Å². The number of amides is 1. The van der Waals surface area contributed by atoms with Crippen LogP contribution in [-0.4, -0.2) is 26.7 Å². The minimum atomic E-state index is -0.608. The maximum atomic E-state index is 12.2. The predicted octanol–water partition coefficient (Wildman–Crippen LogP) is 2.04. The molecule has 2 N–H and O–H groups in total. The lowest BCUT2D eigenvalue weighted by Gasteiger charge is -2.20. The van der Waals surface area contributed by atoms with E-state index in [0.29, 0.717) is 34.2 Å². The summed E-state index contributed by atoms with van der Waals surface area (Å²) in [6.45, 7) is -0.100. The minimum Gasteiger partial charge on any atom is -0.497 e. The second-order valence-corrected chi connectivity index (χ2v) is 6.18. The molecule has 0 fully saturated rings. The first kappa shape index (κ1) is 17.6. The number of benzene rings is 2. The van der Waals surface area contributed by atoms with E-state index in [1.807, 2.05) is 0 Å². The van der Waals surface area contributed by atoms with Crippen LogP contribution in [0.5, 0.6) is 17.2 Å². The van der Waals surface area contributed by atoms with Crippen LogP contribution in [0.4, 0.5) is 17.1 Å². The van der Waals surface area contributed by atoms with E-state index in [0.717, 1.165) is 0 Å². The maximum Gasteiger partial charge on any atom is 0.262 e. The van der Waals surface area contributed by atoms with Gasteiger partial charge in [-0.3, -0.25) is 14.4 Å². The summed E-state index contributed by atoms with van der Waals surface area (Å²) < 4.78 is 15.8. The second kappa shape index (κ2) is 6.73. The average molecular weight is 380 g/mol. The molecule has 1 amide bonds. The number of anilines is 3. The van der Waals surface area contributed by atoms with Crippen LogP contribution in [0.1, 0.15) is 0 Å². The normalized spacial score (nSPS) is 12.7. The topological polar surface area (TPSA) is 103 Å². The van der Waals surface area contributed by atoms with Gasteiger partial charge in [0.2, 0.25) is 5.43 Å². The summed E-state index contributed by atoms with van der Waals surface area (Å²) in [6.07, 6.45) is 0. The molecule has 0 unspecified atom stereocenters. The van der Waals surface area contributed by atoms with Gasteiger partial charge in [0, 0.05) is 23.9 Å². The molecule has 28 heavy (non-hydrogen) atoms. The Morgan fingerprint density at radius 1 is 0.964 bits per heavy atom.